The molecule has 0 atom stereocenters. The molecule has 0 aliphatic carbocycles. The van der Waals surface area contributed by atoms with Crippen LogP contribution in [0.4, 0.5) is 13.2 Å². The minimum absolute atomic E-state index is 0.149. The highest BCUT2D eigenvalue weighted by atomic mass is 35.5. The van der Waals surface area contributed by atoms with Crippen LogP contribution in [-0.4, -0.2) is 21.0 Å². The highest BCUT2D eigenvalue weighted by Gasteiger charge is 2.31. The number of aryl methyl sites for hydroxylation is 1. The number of amides is 1. The smallest absolute Gasteiger partial charge is 0.417 e. The molecule has 2 heterocycles. The molecule has 0 aliphatic rings. The summed E-state index contributed by atoms with van der Waals surface area (Å²) >= 11 is 5.83. The first kappa shape index (κ1) is 20.6. The molecule has 0 unspecified atom stereocenters. The summed E-state index contributed by atoms with van der Waals surface area (Å²) in [6.07, 6.45) is -2.74. The van der Waals surface area contributed by atoms with E-state index in [1.54, 1.807) is 24.3 Å². The number of carbonyl (C=O) groups excluding carboxylic acids is 1. The Hall–Kier alpha value is -3.14. The van der Waals surface area contributed by atoms with Gasteiger partial charge >= 0.3 is 6.18 Å². The molecular formula is C18H14ClF3N4O3. The molecule has 0 spiro atoms. The Morgan fingerprint density at radius 3 is 2.59 bits per heavy atom. The minimum Gasteiger partial charge on any atom is -0.438 e. The van der Waals surface area contributed by atoms with Gasteiger partial charge in [-0.3, -0.25) is 4.79 Å². The van der Waals surface area contributed by atoms with Crippen molar-refractivity contribution in [3.63, 3.8) is 0 Å². The average molecular weight is 427 g/mol. The summed E-state index contributed by atoms with van der Waals surface area (Å²) in [6.45, 7) is 0. The number of nitrogens with two attached hydrogens (primary N) is 1. The average Bonchev–Trinajstić information content (AvgIpc) is 3.12. The van der Waals surface area contributed by atoms with E-state index in [1.165, 1.54) is 0 Å². The zero-order valence-electron chi connectivity index (χ0n) is 14.7. The number of benzene rings is 1. The molecule has 0 saturated heterocycles. The lowest BCUT2D eigenvalue weighted by Gasteiger charge is -2.10. The fraction of sp³-hybridized carbons (Fsp3) is 0.222. The molecule has 11 heteroatoms. The van der Waals surface area contributed by atoms with Crippen LogP contribution in [0.5, 0.6) is 11.6 Å². The molecule has 1 amide bonds. The van der Waals surface area contributed by atoms with E-state index in [9.17, 15) is 18.0 Å². The fourth-order valence-electron chi connectivity index (χ4n) is 2.33. The van der Waals surface area contributed by atoms with Gasteiger partial charge in [-0.1, -0.05) is 16.8 Å². The van der Waals surface area contributed by atoms with Crippen LogP contribution in [0.2, 0.25) is 5.02 Å². The number of carbonyl (C=O) groups is 1. The van der Waals surface area contributed by atoms with Crippen LogP contribution >= 0.6 is 11.6 Å². The molecule has 1 aromatic carbocycles. The van der Waals surface area contributed by atoms with Crippen LogP contribution in [0, 0.1) is 0 Å². The molecule has 29 heavy (non-hydrogen) atoms. The number of pyridine rings is 1. The van der Waals surface area contributed by atoms with E-state index in [1.807, 2.05) is 0 Å². The quantitative estimate of drug-likeness (QED) is 0.600. The summed E-state index contributed by atoms with van der Waals surface area (Å²) in [5.41, 5.74) is 4.75. The maximum absolute atomic E-state index is 12.7. The van der Waals surface area contributed by atoms with Crippen molar-refractivity contribution in [3.8, 4) is 23.0 Å². The zero-order chi connectivity index (χ0) is 21.0. The Kier molecular flexibility index (Phi) is 6.02. The lowest BCUT2D eigenvalue weighted by atomic mass is 10.2. The SMILES string of the molecule is NC(=O)CCCc1nc(-c2ccc(Oc3ncc(C(F)(F)F)cc3Cl)cc2)no1. The normalized spacial score (nSPS) is 11.4. The van der Waals surface area contributed by atoms with Crippen molar-refractivity contribution in [1.82, 2.24) is 15.1 Å². The van der Waals surface area contributed by atoms with Crippen LogP contribution in [0.3, 0.4) is 0 Å². The van der Waals surface area contributed by atoms with Crippen LogP contribution in [0.1, 0.15) is 24.3 Å². The van der Waals surface area contributed by atoms with E-state index in [2.05, 4.69) is 15.1 Å². The van der Waals surface area contributed by atoms with Crippen LogP contribution in [0.15, 0.2) is 41.1 Å². The number of alkyl halides is 3. The third kappa shape index (κ3) is 5.44. The molecule has 0 aliphatic heterocycles. The van der Waals surface area contributed by atoms with Crippen molar-refractivity contribution in [1.29, 1.82) is 0 Å². The van der Waals surface area contributed by atoms with Gasteiger partial charge in [-0.25, -0.2) is 4.98 Å². The maximum atomic E-state index is 12.7. The standard InChI is InChI=1S/C18H14ClF3N4O3/c19-13-8-11(18(20,21)22)9-24-17(13)28-12-6-4-10(5-7-12)16-25-15(29-26-16)3-1-2-14(23)27/h4-9H,1-3H2,(H2,23,27). The van der Waals surface area contributed by atoms with Gasteiger partial charge in [0.1, 0.15) is 10.8 Å². The van der Waals surface area contributed by atoms with Crippen molar-refractivity contribution >= 4 is 17.5 Å². The van der Waals surface area contributed by atoms with E-state index in [0.29, 0.717) is 42.1 Å². The summed E-state index contributed by atoms with van der Waals surface area (Å²) in [6, 6.07) is 7.16. The molecule has 0 fully saturated rings. The van der Waals surface area contributed by atoms with Gasteiger partial charge in [-0.05, 0) is 36.8 Å². The zero-order valence-corrected chi connectivity index (χ0v) is 15.5. The predicted molar refractivity (Wildman–Crippen MR) is 96.2 cm³/mol. The number of primary amides is 1. The molecule has 2 N–H and O–H groups in total. The number of hydrogen-bond acceptors (Lipinski definition) is 6. The number of halogens is 4. The summed E-state index contributed by atoms with van der Waals surface area (Å²) in [7, 11) is 0. The van der Waals surface area contributed by atoms with Gasteiger partial charge in [0.15, 0.2) is 0 Å². The van der Waals surface area contributed by atoms with E-state index < -0.39 is 17.6 Å². The number of nitrogens with zero attached hydrogens (tertiary/aromatic N) is 3. The van der Waals surface area contributed by atoms with Gasteiger partial charge < -0.3 is 15.0 Å². The monoisotopic (exact) mass is 426 g/mol. The van der Waals surface area contributed by atoms with E-state index in [-0.39, 0.29) is 17.3 Å². The first-order valence-corrected chi connectivity index (χ1v) is 8.72. The Morgan fingerprint density at radius 2 is 1.97 bits per heavy atom. The van der Waals surface area contributed by atoms with Crippen LogP contribution in [-0.2, 0) is 17.4 Å². The number of ether oxygens (including phenoxy) is 1. The Bertz CT molecular complexity index is 1010. The van der Waals surface area contributed by atoms with Gasteiger partial charge in [0.05, 0.1) is 5.56 Å². The molecular weight excluding hydrogens is 413 g/mol. The van der Waals surface area contributed by atoms with Gasteiger partial charge in [0.2, 0.25) is 23.5 Å². The lowest BCUT2D eigenvalue weighted by molar-refractivity contribution is -0.137. The molecule has 0 radical (unpaired) electrons. The van der Waals surface area contributed by atoms with E-state index in [0.717, 1.165) is 6.07 Å². The molecule has 0 saturated carbocycles. The molecule has 152 valence electrons. The third-order valence-corrected chi connectivity index (χ3v) is 4.01. The van der Waals surface area contributed by atoms with E-state index in [4.69, 9.17) is 26.6 Å². The highest BCUT2D eigenvalue weighted by Crippen LogP contribution is 2.34. The van der Waals surface area contributed by atoms with Crippen molar-refractivity contribution in [2.45, 2.75) is 25.4 Å². The van der Waals surface area contributed by atoms with Gasteiger partial charge in [0.25, 0.3) is 0 Å². The lowest BCUT2D eigenvalue weighted by Crippen LogP contribution is -2.10. The molecule has 3 aromatic rings. The third-order valence-electron chi connectivity index (χ3n) is 3.74. The second-order valence-electron chi connectivity index (χ2n) is 5.97. The number of hydrogen-bond donors (Lipinski definition) is 1. The highest BCUT2D eigenvalue weighted by molar-refractivity contribution is 6.31. The summed E-state index contributed by atoms with van der Waals surface area (Å²) in [4.78, 5) is 18.6. The molecule has 2 aromatic heterocycles. The van der Waals surface area contributed by atoms with Gasteiger partial charge in [-0.2, -0.15) is 18.2 Å². The second kappa shape index (κ2) is 8.48. The molecule has 3 rings (SSSR count). The Morgan fingerprint density at radius 1 is 1.24 bits per heavy atom. The second-order valence-corrected chi connectivity index (χ2v) is 6.37. The topological polar surface area (TPSA) is 104 Å². The summed E-state index contributed by atoms with van der Waals surface area (Å²) < 4.78 is 48.5. The molecule has 7 nitrogen and oxygen atoms in total. The minimum atomic E-state index is -4.54. The Balaban J connectivity index is 1.66. The van der Waals surface area contributed by atoms with Crippen molar-refractivity contribution < 1.29 is 27.2 Å². The van der Waals surface area contributed by atoms with Crippen molar-refractivity contribution in [2.24, 2.45) is 5.73 Å². The van der Waals surface area contributed by atoms with Crippen molar-refractivity contribution in [3.05, 3.63) is 53.0 Å². The van der Waals surface area contributed by atoms with Crippen LogP contribution < -0.4 is 10.5 Å². The first-order valence-electron chi connectivity index (χ1n) is 8.34. The molecule has 0 bridgehead atoms. The van der Waals surface area contributed by atoms with Crippen molar-refractivity contribution in [2.75, 3.05) is 0 Å². The fourth-order valence-corrected chi connectivity index (χ4v) is 2.53. The van der Waals surface area contributed by atoms with Gasteiger partial charge in [0, 0.05) is 24.6 Å². The number of rotatable bonds is 7. The number of aromatic nitrogens is 3. The summed E-state index contributed by atoms with van der Waals surface area (Å²) in [5, 5.41) is 3.60. The van der Waals surface area contributed by atoms with Crippen LogP contribution in [0.25, 0.3) is 11.4 Å². The predicted octanol–water partition coefficient (Wildman–Crippen LogP) is 4.40. The maximum Gasteiger partial charge on any atom is 0.417 e. The first-order chi connectivity index (χ1) is 13.7. The largest absolute Gasteiger partial charge is 0.438 e. The Labute approximate surface area is 167 Å². The van der Waals surface area contributed by atoms with Gasteiger partial charge in [-0.15, -0.1) is 0 Å². The van der Waals surface area contributed by atoms with E-state index >= 15 is 0 Å². The summed E-state index contributed by atoms with van der Waals surface area (Å²) in [5.74, 6) is 0.485.